The lowest BCUT2D eigenvalue weighted by molar-refractivity contribution is 0.0133. The predicted octanol–water partition coefficient (Wildman–Crippen LogP) is 2.33. The lowest BCUT2D eigenvalue weighted by atomic mass is 10.1. The third-order valence-corrected chi connectivity index (χ3v) is 4.67. The predicted molar refractivity (Wildman–Crippen MR) is 91.3 cm³/mol. The van der Waals surface area contributed by atoms with E-state index in [-0.39, 0.29) is 18.0 Å². The molecule has 1 unspecified atom stereocenters. The number of rotatable bonds is 2. The molecule has 7 heteroatoms. The molecule has 2 aromatic carbocycles. The first-order chi connectivity index (χ1) is 11.6. The number of amides is 1. The van der Waals surface area contributed by atoms with Crippen LogP contribution in [0.1, 0.15) is 27.8 Å². The summed E-state index contributed by atoms with van der Waals surface area (Å²) in [5.74, 6) is -0.255. The van der Waals surface area contributed by atoms with Crippen molar-refractivity contribution in [3.63, 3.8) is 0 Å². The zero-order valence-electron chi connectivity index (χ0n) is 12.4. The molecule has 24 heavy (non-hydrogen) atoms. The molecule has 6 nitrogen and oxygen atoms in total. The highest BCUT2D eigenvalue weighted by molar-refractivity contribution is 9.10. The molecule has 1 atom stereocenters. The molecule has 2 heterocycles. The summed E-state index contributed by atoms with van der Waals surface area (Å²) in [6.45, 7) is 0.0956. The van der Waals surface area contributed by atoms with Gasteiger partial charge in [-0.15, -0.1) is 0 Å². The van der Waals surface area contributed by atoms with E-state index in [9.17, 15) is 14.7 Å². The first-order valence-corrected chi connectivity index (χ1v) is 8.10. The quantitative estimate of drug-likeness (QED) is 0.708. The largest absolute Gasteiger partial charge is 0.369 e. The normalized spacial score (nSPS) is 16.7. The Morgan fingerprint density at radius 2 is 1.96 bits per heavy atom. The van der Waals surface area contributed by atoms with Gasteiger partial charge in [-0.05, 0) is 24.3 Å². The Balaban J connectivity index is 1.79. The molecule has 0 bridgehead atoms. The van der Waals surface area contributed by atoms with Gasteiger partial charge in [0.2, 0.25) is 0 Å². The molecule has 1 aromatic heterocycles. The Morgan fingerprint density at radius 3 is 2.75 bits per heavy atom. The maximum atomic E-state index is 12.5. The molecule has 0 spiro atoms. The Kier molecular flexibility index (Phi) is 3.47. The number of benzene rings is 2. The van der Waals surface area contributed by atoms with Crippen molar-refractivity contribution in [3.05, 3.63) is 74.1 Å². The minimum Gasteiger partial charge on any atom is -0.369 e. The summed E-state index contributed by atoms with van der Waals surface area (Å²) in [6, 6.07) is 12.2. The van der Waals surface area contributed by atoms with Gasteiger partial charge in [-0.1, -0.05) is 34.1 Å². The molecule has 1 aliphatic heterocycles. The molecule has 2 N–H and O–H groups in total. The summed E-state index contributed by atoms with van der Waals surface area (Å²) in [6.07, 6.45) is -1.02. The van der Waals surface area contributed by atoms with Crippen molar-refractivity contribution in [2.45, 2.75) is 12.8 Å². The Morgan fingerprint density at radius 1 is 1.17 bits per heavy atom. The SMILES string of the molecule is O=C1c2ccccc2C(O)N1Cc1n[nH]c(=O)c2ccc(Br)cc12. The van der Waals surface area contributed by atoms with E-state index in [4.69, 9.17) is 0 Å². The molecule has 0 radical (unpaired) electrons. The van der Waals surface area contributed by atoms with Crippen molar-refractivity contribution >= 4 is 32.6 Å². The van der Waals surface area contributed by atoms with E-state index >= 15 is 0 Å². The van der Waals surface area contributed by atoms with Crippen LogP contribution in [0.25, 0.3) is 10.8 Å². The monoisotopic (exact) mass is 385 g/mol. The van der Waals surface area contributed by atoms with Gasteiger partial charge in [0.1, 0.15) is 0 Å². The second-order valence-electron chi connectivity index (χ2n) is 5.58. The number of aliphatic hydroxyl groups excluding tert-OH is 1. The fourth-order valence-corrected chi connectivity index (χ4v) is 3.34. The number of aliphatic hydroxyl groups is 1. The number of carbonyl (C=O) groups excluding carboxylic acids is 1. The lowest BCUT2D eigenvalue weighted by Gasteiger charge is -2.20. The Bertz CT molecular complexity index is 1030. The molecule has 4 rings (SSSR count). The van der Waals surface area contributed by atoms with Crippen LogP contribution in [0.3, 0.4) is 0 Å². The van der Waals surface area contributed by atoms with Crippen LogP contribution in [0.15, 0.2) is 51.7 Å². The van der Waals surface area contributed by atoms with Crippen molar-refractivity contribution in [2.75, 3.05) is 0 Å². The van der Waals surface area contributed by atoms with Gasteiger partial charge in [-0.25, -0.2) is 5.10 Å². The average Bonchev–Trinajstić information content (AvgIpc) is 2.82. The number of hydrogen-bond acceptors (Lipinski definition) is 4. The second-order valence-corrected chi connectivity index (χ2v) is 6.50. The summed E-state index contributed by atoms with van der Waals surface area (Å²) in [5, 5.41) is 18.1. The van der Waals surface area contributed by atoms with E-state index in [0.29, 0.717) is 27.6 Å². The third-order valence-electron chi connectivity index (χ3n) is 4.18. The van der Waals surface area contributed by atoms with Gasteiger partial charge in [0.15, 0.2) is 6.23 Å². The van der Waals surface area contributed by atoms with E-state index in [1.807, 2.05) is 0 Å². The fourth-order valence-electron chi connectivity index (χ4n) is 2.98. The minimum atomic E-state index is -1.02. The van der Waals surface area contributed by atoms with Gasteiger partial charge in [-0.3, -0.25) is 9.59 Å². The number of H-pyrrole nitrogens is 1. The van der Waals surface area contributed by atoms with Crippen LogP contribution in [0, 0.1) is 0 Å². The van der Waals surface area contributed by atoms with E-state index in [0.717, 1.165) is 4.47 Å². The van der Waals surface area contributed by atoms with E-state index in [1.54, 1.807) is 42.5 Å². The van der Waals surface area contributed by atoms with Gasteiger partial charge >= 0.3 is 0 Å². The van der Waals surface area contributed by atoms with Crippen LogP contribution >= 0.6 is 15.9 Å². The number of aromatic amines is 1. The first kappa shape index (κ1) is 15.0. The number of halogens is 1. The Hall–Kier alpha value is -2.51. The van der Waals surface area contributed by atoms with E-state index in [2.05, 4.69) is 26.1 Å². The molecule has 0 fully saturated rings. The summed E-state index contributed by atoms with van der Waals surface area (Å²) >= 11 is 3.38. The summed E-state index contributed by atoms with van der Waals surface area (Å²) in [4.78, 5) is 25.8. The zero-order chi connectivity index (χ0) is 16.8. The molecule has 0 saturated heterocycles. The van der Waals surface area contributed by atoms with Gasteiger partial charge in [0.05, 0.1) is 17.6 Å². The van der Waals surface area contributed by atoms with Crippen molar-refractivity contribution in [1.29, 1.82) is 0 Å². The minimum absolute atomic E-state index is 0.0956. The van der Waals surface area contributed by atoms with Gasteiger partial charge in [0, 0.05) is 21.0 Å². The van der Waals surface area contributed by atoms with Crippen molar-refractivity contribution in [2.24, 2.45) is 0 Å². The highest BCUT2D eigenvalue weighted by Crippen LogP contribution is 2.33. The first-order valence-electron chi connectivity index (χ1n) is 7.31. The summed E-state index contributed by atoms with van der Waals surface area (Å²) < 4.78 is 0.806. The van der Waals surface area contributed by atoms with Gasteiger partial charge < -0.3 is 10.0 Å². The maximum absolute atomic E-state index is 12.5. The smallest absolute Gasteiger partial charge is 0.272 e. The van der Waals surface area contributed by atoms with Crippen LogP contribution < -0.4 is 5.56 Å². The number of hydrogen-bond donors (Lipinski definition) is 2. The third kappa shape index (κ3) is 2.24. The number of fused-ring (bicyclic) bond motifs is 2. The molecule has 1 aliphatic rings. The van der Waals surface area contributed by atoms with Gasteiger partial charge in [-0.2, -0.15) is 5.10 Å². The molecule has 1 amide bonds. The Labute approximate surface area is 144 Å². The van der Waals surface area contributed by atoms with Crippen LogP contribution in [-0.2, 0) is 6.54 Å². The fraction of sp³-hybridized carbons (Fsp3) is 0.118. The number of aromatic nitrogens is 2. The van der Waals surface area contributed by atoms with Crippen molar-refractivity contribution < 1.29 is 9.90 Å². The number of carbonyl (C=O) groups is 1. The number of nitrogens with one attached hydrogen (secondary N) is 1. The second kappa shape index (κ2) is 5.54. The van der Waals surface area contributed by atoms with Crippen molar-refractivity contribution in [1.82, 2.24) is 15.1 Å². The molecule has 120 valence electrons. The molecule has 0 aliphatic carbocycles. The van der Waals surface area contributed by atoms with Gasteiger partial charge in [0.25, 0.3) is 11.5 Å². The van der Waals surface area contributed by atoms with E-state index < -0.39 is 6.23 Å². The van der Waals surface area contributed by atoms with E-state index in [1.165, 1.54) is 4.90 Å². The summed E-state index contributed by atoms with van der Waals surface area (Å²) in [5.41, 5.74) is 1.29. The zero-order valence-corrected chi connectivity index (χ0v) is 13.9. The van der Waals surface area contributed by atoms with Crippen LogP contribution in [0.5, 0.6) is 0 Å². The molecular formula is C17H12BrN3O3. The van der Waals surface area contributed by atoms with Crippen LogP contribution in [-0.4, -0.2) is 26.1 Å². The highest BCUT2D eigenvalue weighted by atomic mass is 79.9. The molecule has 3 aromatic rings. The summed E-state index contributed by atoms with van der Waals surface area (Å²) in [7, 11) is 0. The number of nitrogens with zero attached hydrogens (tertiary/aromatic N) is 2. The molecular weight excluding hydrogens is 374 g/mol. The topological polar surface area (TPSA) is 86.3 Å². The lowest BCUT2D eigenvalue weighted by Crippen LogP contribution is -2.28. The van der Waals surface area contributed by atoms with Crippen LogP contribution in [0.4, 0.5) is 0 Å². The maximum Gasteiger partial charge on any atom is 0.272 e. The van der Waals surface area contributed by atoms with Crippen LogP contribution in [0.2, 0.25) is 0 Å². The molecule has 0 saturated carbocycles. The standard InChI is InChI=1S/C17H12BrN3O3/c18-9-5-6-10-13(7-9)14(19-20-15(10)22)8-21-16(23)11-3-1-2-4-12(11)17(21)24/h1-7,16,23H,8H2,(H,20,22). The highest BCUT2D eigenvalue weighted by Gasteiger charge is 2.35. The van der Waals surface area contributed by atoms with Crippen molar-refractivity contribution in [3.8, 4) is 0 Å². The average molecular weight is 386 g/mol.